The van der Waals surface area contributed by atoms with Crippen LogP contribution in [0.15, 0.2) is 4.52 Å². The van der Waals surface area contributed by atoms with Gasteiger partial charge in [-0.25, -0.2) is 0 Å². The predicted molar refractivity (Wildman–Crippen MR) is 77.8 cm³/mol. The summed E-state index contributed by atoms with van der Waals surface area (Å²) in [5, 5.41) is 13.5. The molecule has 1 saturated heterocycles. The lowest BCUT2D eigenvalue weighted by Crippen LogP contribution is -2.47. The van der Waals surface area contributed by atoms with Crippen molar-refractivity contribution in [1.29, 1.82) is 0 Å². The van der Waals surface area contributed by atoms with Crippen molar-refractivity contribution in [2.45, 2.75) is 58.9 Å². The molecule has 6 nitrogen and oxygen atoms in total. The molecule has 1 aromatic heterocycles. The minimum absolute atomic E-state index is 0.551. The second-order valence-corrected chi connectivity index (χ2v) is 6.00. The lowest BCUT2D eigenvalue weighted by Gasteiger charge is -2.39. The largest absolute Gasteiger partial charge is 0.481 e. The number of piperidine rings is 1. The highest BCUT2D eigenvalue weighted by molar-refractivity contribution is 5.75. The fourth-order valence-electron chi connectivity index (χ4n) is 3.20. The van der Waals surface area contributed by atoms with E-state index in [1.54, 1.807) is 0 Å². The van der Waals surface area contributed by atoms with Crippen molar-refractivity contribution in [2.24, 2.45) is 5.41 Å². The molecule has 0 aromatic carbocycles. The Morgan fingerprint density at radius 1 is 1.43 bits per heavy atom. The number of aryl methyl sites for hydroxylation is 1. The van der Waals surface area contributed by atoms with Crippen molar-refractivity contribution in [3.05, 3.63) is 11.7 Å². The lowest BCUT2D eigenvalue weighted by molar-refractivity contribution is -0.153. The molecule has 2 rings (SSSR count). The Morgan fingerprint density at radius 3 is 2.90 bits per heavy atom. The zero-order valence-electron chi connectivity index (χ0n) is 13.0. The van der Waals surface area contributed by atoms with Crippen molar-refractivity contribution in [1.82, 2.24) is 15.0 Å². The maximum atomic E-state index is 11.7. The van der Waals surface area contributed by atoms with Gasteiger partial charge in [0.2, 0.25) is 5.89 Å². The Bertz CT molecular complexity index is 470. The molecule has 118 valence electrons. The van der Waals surface area contributed by atoms with Crippen molar-refractivity contribution < 1.29 is 14.4 Å². The van der Waals surface area contributed by atoms with Gasteiger partial charge < -0.3 is 9.63 Å². The zero-order valence-corrected chi connectivity index (χ0v) is 13.0. The molecule has 1 aromatic rings. The van der Waals surface area contributed by atoms with Gasteiger partial charge in [0.1, 0.15) is 0 Å². The van der Waals surface area contributed by atoms with E-state index < -0.39 is 11.4 Å². The SMILES string of the molecule is CCCc1noc(CN2CCCC(CCC)(C(=O)O)C2)n1. The second kappa shape index (κ2) is 7.02. The number of carboxylic acid groups (broad SMARTS) is 1. The second-order valence-electron chi connectivity index (χ2n) is 6.00. The molecule has 1 aliphatic rings. The summed E-state index contributed by atoms with van der Waals surface area (Å²) in [6.07, 6.45) is 5.09. The number of carbonyl (C=O) groups is 1. The first-order valence-corrected chi connectivity index (χ1v) is 7.87. The molecule has 1 atom stereocenters. The van der Waals surface area contributed by atoms with Crippen LogP contribution in [0.3, 0.4) is 0 Å². The van der Waals surface area contributed by atoms with E-state index in [0.29, 0.717) is 19.0 Å². The standard InChI is InChI=1S/C15H25N3O3/c1-3-6-12-16-13(21-17-12)10-18-9-5-8-15(11-18,7-4-2)14(19)20/h3-11H2,1-2H3,(H,19,20). The molecule has 0 aliphatic carbocycles. The van der Waals surface area contributed by atoms with Crippen LogP contribution in [0, 0.1) is 5.41 Å². The number of rotatable bonds is 7. The Morgan fingerprint density at radius 2 is 2.24 bits per heavy atom. The number of aliphatic carboxylic acids is 1. The van der Waals surface area contributed by atoms with Gasteiger partial charge in [-0.05, 0) is 32.2 Å². The third-order valence-electron chi connectivity index (χ3n) is 4.18. The minimum Gasteiger partial charge on any atom is -0.481 e. The number of aromatic nitrogens is 2. The van der Waals surface area contributed by atoms with E-state index in [-0.39, 0.29) is 0 Å². The van der Waals surface area contributed by atoms with Crippen LogP contribution in [-0.4, -0.2) is 39.2 Å². The first kappa shape index (κ1) is 15.9. The summed E-state index contributed by atoms with van der Waals surface area (Å²) in [5.74, 6) is 0.657. The Hall–Kier alpha value is -1.43. The van der Waals surface area contributed by atoms with E-state index in [4.69, 9.17) is 4.52 Å². The third-order valence-corrected chi connectivity index (χ3v) is 4.18. The van der Waals surface area contributed by atoms with Gasteiger partial charge >= 0.3 is 5.97 Å². The van der Waals surface area contributed by atoms with E-state index in [0.717, 1.165) is 50.9 Å². The summed E-state index contributed by atoms with van der Waals surface area (Å²) in [6.45, 7) is 6.13. The van der Waals surface area contributed by atoms with Crippen LogP contribution in [0.4, 0.5) is 0 Å². The van der Waals surface area contributed by atoms with Crippen molar-refractivity contribution in [3.63, 3.8) is 0 Å². The smallest absolute Gasteiger partial charge is 0.310 e. The molecule has 0 spiro atoms. The average Bonchev–Trinajstić information content (AvgIpc) is 2.87. The van der Waals surface area contributed by atoms with E-state index in [1.807, 2.05) is 6.92 Å². The van der Waals surface area contributed by atoms with Gasteiger partial charge in [-0.1, -0.05) is 25.4 Å². The molecule has 6 heteroatoms. The third kappa shape index (κ3) is 3.81. The van der Waals surface area contributed by atoms with Crippen molar-refractivity contribution in [2.75, 3.05) is 13.1 Å². The van der Waals surface area contributed by atoms with Crippen molar-refractivity contribution >= 4 is 5.97 Å². The van der Waals surface area contributed by atoms with Gasteiger partial charge in [0, 0.05) is 13.0 Å². The van der Waals surface area contributed by atoms with Crippen LogP contribution in [0.25, 0.3) is 0 Å². The molecule has 1 aliphatic heterocycles. The molecule has 1 unspecified atom stereocenters. The molecular weight excluding hydrogens is 270 g/mol. The molecule has 0 amide bonds. The number of likely N-dealkylation sites (tertiary alicyclic amines) is 1. The topological polar surface area (TPSA) is 79.5 Å². The van der Waals surface area contributed by atoms with E-state index in [9.17, 15) is 9.90 Å². The van der Waals surface area contributed by atoms with Gasteiger partial charge in [-0.2, -0.15) is 4.98 Å². The van der Waals surface area contributed by atoms with Gasteiger partial charge in [0.15, 0.2) is 5.82 Å². The van der Waals surface area contributed by atoms with E-state index in [2.05, 4.69) is 22.0 Å². The monoisotopic (exact) mass is 295 g/mol. The molecular formula is C15H25N3O3. The maximum absolute atomic E-state index is 11.7. The van der Waals surface area contributed by atoms with Crippen LogP contribution < -0.4 is 0 Å². The summed E-state index contributed by atoms with van der Waals surface area (Å²) in [5.41, 5.74) is -0.612. The summed E-state index contributed by atoms with van der Waals surface area (Å²) < 4.78 is 5.26. The molecule has 1 fully saturated rings. The molecule has 0 saturated carbocycles. The average molecular weight is 295 g/mol. The highest BCUT2D eigenvalue weighted by atomic mass is 16.5. The minimum atomic E-state index is -0.675. The van der Waals surface area contributed by atoms with E-state index in [1.165, 1.54) is 0 Å². The number of nitrogens with zero attached hydrogens (tertiary/aromatic N) is 3. The normalized spacial score (nSPS) is 23.3. The van der Waals surface area contributed by atoms with Crippen molar-refractivity contribution in [3.8, 4) is 0 Å². The molecule has 0 radical (unpaired) electrons. The molecule has 1 N–H and O–H groups in total. The quantitative estimate of drug-likeness (QED) is 0.832. The first-order chi connectivity index (χ1) is 10.1. The van der Waals surface area contributed by atoms with Gasteiger partial charge in [-0.15, -0.1) is 0 Å². The Labute approximate surface area is 125 Å². The highest BCUT2D eigenvalue weighted by Crippen LogP contribution is 2.35. The predicted octanol–water partition coefficient (Wildman–Crippen LogP) is 2.49. The lowest BCUT2D eigenvalue weighted by atomic mass is 9.76. The number of hydrogen-bond donors (Lipinski definition) is 1. The molecule has 21 heavy (non-hydrogen) atoms. The highest BCUT2D eigenvalue weighted by Gasteiger charge is 2.41. The van der Waals surface area contributed by atoms with Crippen LogP contribution in [0.2, 0.25) is 0 Å². The van der Waals surface area contributed by atoms with Crippen LogP contribution in [-0.2, 0) is 17.8 Å². The Balaban J connectivity index is 2.01. The Kier molecular flexibility index (Phi) is 5.33. The van der Waals surface area contributed by atoms with E-state index >= 15 is 0 Å². The van der Waals surface area contributed by atoms with Gasteiger partial charge in [-0.3, -0.25) is 9.69 Å². The summed E-state index contributed by atoms with van der Waals surface area (Å²) in [7, 11) is 0. The zero-order chi connectivity index (χ0) is 15.3. The number of hydrogen-bond acceptors (Lipinski definition) is 5. The number of carboxylic acids is 1. The molecule has 0 bridgehead atoms. The van der Waals surface area contributed by atoms with Crippen LogP contribution in [0.1, 0.15) is 57.7 Å². The van der Waals surface area contributed by atoms with Crippen LogP contribution >= 0.6 is 0 Å². The fraction of sp³-hybridized carbons (Fsp3) is 0.800. The first-order valence-electron chi connectivity index (χ1n) is 7.87. The summed E-state index contributed by atoms with van der Waals surface area (Å²) >= 11 is 0. The van der Waals surface area contributed by atoms with Crippen LogP contribution in [0.5, 0.6) is 0 Å². The molecule has 2 heterocycles. The van der Waals surface area contributed by atoms with Gasteiger partial charge in [0.25, 0.3) is 0 Å². The maximum Gasteiger partial charge on any atom is 0.310 e. The fourth-order valence-corrected chi connectivity index (χ4v) is 3.20. The van der Waals surface area contributed by atoms with Gasteiger partial charge in [0.05, 0.1) is 12.0 Å². The summed E-state index contributed by atoms with van der Waals surface area (Å²) in [4.78, 5) is 18.2. The summed E-state index contributed by atoms with van der Waals surface area (Å²) in [6, 6.07) is 0.